The summed E-state index contributed by atoms with van der Waals surface area (Å²) in [7, 11) is 1.91. The summed E-state index contributed by atoms with van der Waals surface area (Å²) in [5.74, 6) is -0.125. The lowest BCUT2D eigenvalue weighted by Crippen LogP contribution is -2.40. The molecule has 2 atom stereocenters. The van der Waals surface area contributed by atoms with Gasteiger partial charge in [0.15, 0.2) is 0 Å². The fourth-order valence-electron chi connectivity index (χ4n) is 1.98. The van der Waals surface area contributed by atoms with Gasteiger partial charge in [-0.3, -0.25) is 9.48 Å². The zero-order valence-corrected chi connectivity index (χ0v) is 11.2. The Morgan fingerprint density at radius 1 is 1.53 bits per heavy atom. The van der Waals surface area contributed by atoms with Crippen molar-refractivity contribution < 1.29 is 4.79 Å². The van der Waals surface area contributed by atoms with Crippen LogP contribution in [-0.4, -0.2) is 21.7 Å². The third-order valence-electron chi connectivity index (χ3n) is 3.05. The van der Waals surface area contributed by atoms with E-state index in [1.54, 1.807) is 6.92 Å². The predicted octanol–water partition coefficient (Wildman–Crippen LogP) is 0.951. The molecule has 0 aromatic carbocycles. The van der Waals surface area contributed by atoms with E-state index in [-0.39, 0.29) is 11.9 Å². The van der Waals surface area contributed by atoms with Crippen LogP contribution in [-0.2, 0) is 11.8 Å². The first-order chi connectivity index (χ1) is 7.88. The molecular formula is C12H22N4O. The van der Waals surface area contributed by atoms with Crippen LogP contribution in [0.5, 0.6) is 0 Å². The summed E-state index contributed by atoms with van der Waals surface area (Å²) in [6.45, 7) is 7.70. The molecule has 96 valence electrons. The van der Waals surface area contributed by atoms with Crippen LogP contribution in [0.1, 0.15) is 43.3 Å². The number of nitrogens with one attached hydrogen (secondary N) is 1. The van der Waals surface area contributed by atoms with Crippen molar-refractivity contribution in [3.05, 3.63) is 17.0 Å². The predicted molar refractivity (Wildman–Crippen MR) is 67.5 cm³/mol. The Bertz CT molecular complexity index is 409. The second kappa shape index (κ2) is 5.31. The van der Waals surface area contributed by atoms with E-state index in [2.05, 4.69) is 10.4 Å². The Morgan fingerprint density at radius 2 is 2.12 bits per heavy atom. The maximum Gasteiger partial charge on any atom is 0.237 e. The van der Waals surface area contributed by atoms with Crippen molar-refractivity contribution in [3.8, 4) is 0 Å². The molecule has 0 fully saturated rings. The van der Waals surface area contributed by atoms with Crippen LogP contribution in [0, 0.1) is 13.8 Å². The molecule has 1 amide bonds. The molecule has 0 aliphatic carbocycles. The van der Waals surface area contributed by atoms with Crippen LogP contribution in [0.25, 0.3) is 0 Å². The number of amides is 1. The van der Waals surface area contributed by atoms with Crippen molar-refractivity contribution in [3.63, 3.8) is 0 Å². The number of aryl methyl sites for hydroxylation is 2. The van der Waals surface area contributed by atoms with Gasteiger partial charge < -0.3 is 11.1 Å². The highest BCUT2D eigenvalue weighted by atomic mass is 16.2. The van der Waals surface area contributed by atoms with E-state index in [1.807, 2.05) is 32.5 Å². The number of carbonyl (C=O) groups excluding carboxylic acids is 1. The molecule has 1 aromatic rings. The molecule has 0 saturated heterocycles. The third kappa shape index (κ3) is 2.85. The number of hydrogen-bond donors (Lipinski definition) is 2. The lowest BCUT2D eigenvalue weighted by Gasteiger charge is -2.19. The number of rotatable bonds is 4. The van der Waals surface area contributed by atoms with Gasteiger partial charge in [0.1, 0.15) is 0 Å². The molecule has 17 heavy (non-hydrogen) atoms. The first-order valence-electron chi connectivity index (χ1n) is 5.94. The lowest BCUT2D eigenvalue weighted by atomic mass is 10.0. The Morgan fingerprint density at radius 3 is 2.47 bits per heavy atom. The zero-order valence-electron chi connectivity index (χ0n) is 11.2. The Hall–Kier alpha value is -1.36. The van der Waals surface area contributed by atoms with Crippen LogP contribution >= 0.6 is 0 Å². The molecule has 0 saturated carbocycles. The van der Waals surface area contributed by atoms with Crippen LogP contribution in [0.15, 0.2) is 0 Å². The fraction of sp³-hybridized carbons (Fsp3) is 0.667. The minimum absolute atomic E-state index is 0.0119. The van der Waals surface area contributed by atoms with E-state index in [0.717, 1.165) is 23.4 Å². The normalized spacial score (nSPS) is 14.5. The standard InChI is InChI=1S/C12H22N4O/c1-6-10(14-12(17)7(2)13)11-8(3)15-16(5)9(11)4/h7,10H,6,13H2,1-5H3,(H,14,17)/t7-,10?/m1/s1. The van der Waals surface area contributed by atoms with E-state index in [9.17, 15) is 4.79 Å². The van der Waals surface area contributed by atoms with Crippen molar-refractivity contribution in [2.24, 2.45) is 12.8 Å². The topological polar surface area (TPSA) is 72.9 Å². The molecule has 0 bridgehead atoms. The molecule has 0 aliphatic heterocycles. The van der Waals surface area contributed by atoms with E-state index < -0.39 is 6.04 Å². The zero-order chi connectivity index (χ0) is 13.2. The number of aromatic nitrogens is 2. The quantitative estimate of drug-likeness (QED) is 0.820. The summed E-state index contributed by atoms with van der Waals surface area (Å²) in [6, 6.07) is -0.497. The Balaban J connectivity index is 2.98. The first kappa shape index (κ1) is 13.7. The highest BCUT2D eigenvalue weighted by Crippen LogP contribution is 2.23. The van der Waals surface area contributed by atoms with Gasteiger partial charge in [0, 0.05) is 18.3 Å². The number of hydrogen-bond acceptors (Lipinski definition) is 3. The molecule has 0 spiro atoms. The summed E-state index contributed by atoms with van der Waals surface area (Å²) in [5.41, 5.74) is 8.71. The number of nitrogens with two attached hydrogens (primary N) is 1. The highest BCUT2D eigenvalue weighted by molar-refractivity contribution is 5.81. The maximum atomic E-state index is 11.7. The average Bonchev–Trinajstić information content (AvgIpc) is 2.50. The average molecular weight is 238 g/mol. The summed E-state index contributed by atoms with van der Waals surface area (Å²) in [6.07, 6.45) is 0.825. The van der Waals surface area contributed by atoms with E-state index in [0.29, 0.717) is 0 Å². The van der Waals surface area contributed by atoms with Gasteiger partial charge in [-0.05, 0) is 27.2 Å². The van der Waals surface area contributed by atoms with Gasteiger partial charge in [-0.1, -0.05) is 6.92 Å². The van der Waals surface area contributed by atoms with Gasteiger partial charge in [0.05, 0.1) is 17.8 Å². The summed E-state index contributed by atoms with van der Waals surface area (Å²) >= 11 is 0. The minimum Gasteiger partial charge on any atom is -0.348 e. The van der Waals surface area contributed by atoms with Gasteiger partial charge in [0.25, 0.3) is 0 Å². The van der Waals surface area contributed by atoms with Crippen molar-refractivity contribution >= 4 is 5.91 Å². The molecule has 5 heteroatoms. The smallest absolute Gasteiger partial charge is 0.237 e. The van der Waals surface area contributed by atoms with Crippen LogP contribution in [0.4, 0.5) is 0 Å². The number of nitrogens with zero attached hydrogens (tertiary/aromatic N) is 2. The van der Waals surface area contributed by atoms with E-state index >= 15 is 0 Å². The molecule has 1 heterocycles. The van der Waals surface area contributed by atoms with Crippen LogP contribution < -0.4 is 11.1 Å². The van der Waals surface area contributed by atoms with Crippen molar-refractivity contribution in [2.45, 2.75) is 46.2 Å². The van der Waals surface area contributed by atoms with E-state index in [4.69, 9.17) is 5.73 Å². The molecule has 1 aromatic heterocycles. The SMILES string of the molecule is CCC(NC(=O)[C@@H](C)N)c1c(C)nn(C)c1C. The number of carbonyl (C=O) groups is 1. The second-order valence-electron chi connectivity index (χ2n) is 4.47. The lowest BCUT2D eigenvalue weighted by molar-refractivity contribution is -0.122. The van der Waals surface area contributed by atoms with E-state index in [1.165, 1.54) is 0 Å². The molecule has 0 radical (unpaired) electrons. The van der Waals surface area contributed by atoms with Crippen molar-refractivity contribution in [1.82, 2.24) is 15.1 Å². The Labute approximate surface area is 102 Å². The monoisotopic (exact) mass is 238 g/mol. The van der Waals surface area contributed by atoms with Gasteiger partial charge in [0.2, 0.25) is 5.91 Å². The molecular weight excluding hydrogens is 216 g/mol. The van der Waals surface area contributed by atoms with Gasteiger partial charge >= 0.3 is 0 Å². The molecule has 5 nitrogen and oxygen atoms in total. The Kier molecular flexibility index (Phi) is 4.28. The molecule has 0 aliphatic rings. The van der Waals surface area contributed by atoms with Gasteiger partial charge in [-0.2, -0.15) is 5.10 Å². The van der Waals surface area contributed by atoms with Crippen molar-refractivity contribution in [1.29, 1.82) is 0 Å². The second-order valence-corrected chi connectivity index (χ2v) is 4.47. The van der Waals surface area contributed by atoms with Crippen LogP contribution in [0.3, 0.4) is 0 Å². The van der Waals surface area contributed by atoms with Gasteiger partial charge in [-0.15, -0.1) is 0 Å². The molecule has 1 rings (SSSR count). The molecule has 3 N–H and O–H groups in total. The first-order valence-corrected chi connectivity index (χ1v) is 5.94. The van der Waals surface area contributed by atoms with Gasteiger partial charge in [-0.25, -0.2) is 0 Å². The highest BCUT2D eigenvalue weighted by Gasteiger charge is 2.21. The van der Waals surface area contributed by atoms with Crippen LogP contribution in [0.2, 0.25) is 0 Å². The third-order valence-corrected chi connectivity index (χ3v) is 3.05. The maximum absolute atomic E-state index is 11.7. The summed E-state index contributed by atoms with van der Waals surface area (Å²) in [4.78, 5) is 11.7. The van der Waals surface area contributed by atoms with Crippen molar-refractivity contribution in [2.75, 3.05) is 0 Å². The molecule has 1 unspecified atom stereocenters. The summed E-state index contributed by atoms with van der Waals surface area (Å²) in [5, 5.41) is 7.33. The minimum atomic E-state index is -0.485. The summed E-state index contributed by atoms with van der Waals surface area (Å²) < 4.78 is 1.84. The fourth-order valence-corrected chi connectivity index (χ4v) is 1.98. The largest absolute Gasteiger partial charge is 0.348 e.